The van der Waals surface area contributed by atoms with Crippen molar-refractivity contribution in [1.29, 1.82) is 0 Å². The summed E-state index contributed by atoms with van der Waals surface area (Å²) in [6.07, 6.45) is 3.26. The Hall–Kier alpha value is -1.46. The molecule has 1 aliphatic heterocycles. The molecule has 0 atom stereocenters. The standard InChI is InChI=1S/C14H17BO4/c1-13(2)14(3,4)19-15(18-13)12-6-5-11(17-12)10-7-8-16-9-10/h5-9H,1-4H3. The first-order valence-corrected chi connectivity index (χ1v) is 6.37. The summed E-state index contributed by atoms with van der Waals surface area (Å²) in [6, 6.07) is 5.63. The van der Waals surface area contributed by atoms with Gasteiger partial charge in [0.15, 0.2) is 0 Å². The van der Waals surface area contributed by atoms with Crippen LogP contribution >= 0.6 is 0 Å². The average Bonchev–Trinajstić information content (AvgIpc) is 3.00. The minimum atomic E-state index is -0.467. The molecule has 3 heterocycles. The van der Waals surface area contributed by atoms with Gasteiger partial charge in [0.2, 0.25) is 0 Å². The third kappa shape index (κ3) is 2.03. The van der Waals surface area contributed by atoms with E-state index >= 15 is 0 Å². The third-order valence-electron chi connectivity index (χ3n) is 3.92. The minimum Gasteiger partial charge on any atom is -0.472 e. The maximum Gasteiger partial charge on any atom is 0.532 e. The first-order valence-electron chi connectivity index (χ1n) is 6.37. The zero-order valence-corrected chi connectivity index (χ0v) is 11.6. The molecule has 19 heavy (non-hydrogen) atoms. The molecule has 0 amide bonds. The van der Waals surface area contributed by atoms with Gasteiger partial charge in [0, 0.05) is 0 Å². The predicted octanol–water partition coefficient (Wildman–Crippen LogP) is 2.84. The van der Waals surface area contributed by atoms with Crippen LogP contribution in [0.1, 0.15) is 27.7 Å². The number of furan rings is 2. The van der Waals surface area contributed by atoms with Gasteiger partial charge in [-0.2, -0.15) is 0 Å². The van der Waals surface area contributed by atoms with E-state index in [9.17, 15) is 0 Å². The molecule has 3 rings (SSSR count). The van der Waals surface area contributed by atoms with E-state index < -0.39 is 7.12 Å². The molecule has 0 spiro atoms. The smallest absolute Gasteiger partial charge is 0.472 e. The summed E-state index contributed by atoms with van der Waals surface area (Å²) >= 11 is 0. The summed E-state index contributed by atoms with van der Waals surface area (Å²) < 4.78 is 22.7. The van der Waals surface area contributed by atoms with Crippen LogP contribution in [-0.2, 0) is 9.31 Å². The van der Waals surface area contributed by atoms with Crippen LogP contribution in [0, 0.1) is 0 Å². The van der Waals surface area contributed by atoms with E-state index in [2.05, 4.69) is 0 Å². The van der Waals surface area contributed by atoms with Gasteiger partial charge in [0.1, 0.15) is 17.7 Å². The zero-order chi connectivity index (χ0) is 13.7. The van der Waals surface area contributed by atoms with E-state index in [-0.39, 0.29) is 11.2 Å². The molecular weight excluding hydrogens is 243 g/mol. The molecule has 0 unspecified atom stereocenters. The predicted molar refractivity (Wildman–Crippen MR) is 72.1 cm³/mol. The van der Waals surface area contributed by atoms with Crippen molar-refractivity contribution in [3.8, 4) is 11.3 Å². The highest BCUT2D eigenvalue weighted by atomic mass is 16.7. The summed E-state index contributed by atoms with van der Waals surface area (Å²) in [4.78, 5) is 0. The lowest BCUT2D eigenvalue weighted by Gasteiger charge is -2.32. The number of hydrogen-bond donors (Lipinski definition) is 0. The van der Waals surface area contributed by atoms with E-state index in [1.165, 1.54) is 0 Å². The molecule has 0 aliphatic carbocycles. The fourth-order valence-electron chi connectivity index (χ4n) is 2.00. The van der Waals surface area contributed by atoms with Gasteiger partial charge in [0.05, 0.1) is 23.0 Å². The highest BCUT2D eigenvalue weighted by Crippen LogP contribution is 2.36. The third-order valence-corrected chi connectivity index (χ3v) is 3.92. The molecule has 2 aromatic heterocycles. The number of hydrogen-bond acceptors (Lipinski definition) is 4. The molecule has 4 nitrogen and oxygen atoms in total. The lowest BCUT2D eigenvalue weighted by Crippen LogP contribution is -2.41. The lowest BCUT2D eigenvalue weighted by molar-refractivity contribution is 0.00578. The summed E-state index contributed by atoms with van der Waals surface area (Å²) in [5.41, 5.74) is 0.859. The van der Waals surface area contributed by atoms with E-state index in [0.717, 1.165) is 11.3 Å². The van der Waals surface area contributed by atoms with Crippen molar-refractivity contribution >= 4 is 12.8 Å². The summed E-state index contributed by atoms with van der Waals surface area (Å²) in [5.74, 6) is 0.749. The van der Waals surface area contributed by atoms with Gasteiger partial charge < -0.3 is 18.1 Å². The van der Waals surface area contributed by atoms with E-state index in [1.54, 1.807) is 12.5 Å². The Kier molecular flexibility index (Phi) is 2.66. The van der Waals surface area contributed by atoms with Crippen molar-refractivity contribution in [2.24, 2.45) is 0 Å². The molecule has 0 radical (unpaired) electrons. The Morgan fingerprint density at radius 3 is 2.21 bits per heavy atom. The van der Waals surface area contributed by atoms with E-state index in [0.29, 0.717) is 5.66 Å². The van der Waals surface area contributed by atoms with Crippen molar-refractivity contribution < 1.29 is 18.1 Å². The minimum absolute atomic E-state index is 0.361. The summed E-state index contributed by atoms with van der Waals surface area (Å²) in [5, 5.41) is 0. The second kappa shape index (κ2) is 4.02. The highest BCUT2D eigenvalue weighted by Gasteiger charge is 2.53. The van der Waals surface area contributed by atoms with Crippen molar-refractivity contribution in [1.82, 2.24) is 0 Å². The maximum absolute atomic E-state index is 5.94. The summed E-state index contributed by atoms with van der Waals surface area (Å²) in [6.45, 7) is 8.08. The normalized spacial score (nSPS) is 20.9. The Balaban J connectivity index is 1.85. The number of rotatable bonds is 2. The molecule has 0 aromatic carbocycles. The Morgan fingerprint density at radius 2 is 1.63 bits per heavy atom. The molecule has 1 aliphatic rings. The Bertz CT molecular complexity index is 552. The fraction of sp³-hybridized carbons (Fsp3) is 0.429. The van der Waals surface area contributed by atoms with Gasteiger partial charge in [-0.1, -0.05) is 0 Å². The van der Waals surface area contributed by atoms with E-state index in [4.69, 9.17) is 18.1 Å². The molecule has 100 valence electrons. The first kappa shape index (κ1) is 12.6. The Morgan fingerprint density at radius 1 is 0.947 bits per heavy atom. The maximum atomic E-state index is 5.94. The van der Waals surface area contributed by atoms with Crippen LogP contribution in [-0.4, -0.2) is 18.3 Å². The molecule has 1 fully saturated rings. The highest BCUT2D eigenvalue weighted by molar-refractivity contribution is 6.60. The monoisotopic (exact) mass is 260 g/mol. The van der Waals surface area contributed by atoms with Crippen LogP contribution in [0.5, 0.6) is 0 Å². The average molecular weight is 260 g/mol. The van der Waals surface area contributed by atoms with Gasteiger partial charge in [-0.05, 0) is 45.9 Å². The molecule has 0 bridgehead atoms. The van der Waals surface area contributed by atoms with Crippen molar-refractivity contribution in [2.75, 3.05) is 0 Å². The van der Waals surface area contributed by atoms with Crippen LogP contribution in [0.15, 0.2) is 39.6 Å². The van der Waals surface area contributed by atoms with Gasteiger partial charge in [0.25, 0.3) is 0 Å². The van der Waals surface area contributed by atoms with Gasteiger partial charge in [-0.25, -0.2) is 0 Å². The second-order valence-electron chi connectivity index (χ2n) is 5.80. The molecule has 1 saturated heterocycles. The van der Waals surface area contributed by atoms with Crippen molar-refractivity contribution in [3.63, 3.8) is 0 Å². The van der Waals surface area contributed by atoms with Crippen molar-refractivity contribution in [2.45, 2.75) is 38.9 Å². The topological polar surface area (TPSA) is 44.7 Å². The van der Waals surface area contributed by atoms with Gasteiger partial charge in [-0.15, -0.1) is 0 Å². The van der Waals surface area contributed by atoms with Crippen LogP contribution in [0.4, 0.5) is 0 Å². The van der Waals surface area contributed by atoms with E-state index in [1.807, 2.05) is 45.9 Å². The SMILES string of the molecule is CC1(C)OB(c2ccc(-c3ccoc3)o2)OC1(C)C. The molecule has 5 heteroatoms. The van der Waals surface area contributed by atoms with Crippen LogP contribution in [0.2, 0.25) is 0 Å². The van der Waals surface area contributed by atoms with Crippen LogP contribution < -0.4 is 5.66 Å². The fourth-order valence-corrected chi connectivity index (χ4v) is 2.00. The Labute approximate surface area is 112 Å². The summed E-state index contributed by atoms with van der Waals surface area (Å²) in [7, 11) is -0.467. The second-order valence-corrected chi connectivity index (χ2v) is 5.80. The first-order chi connectivity index (χ1) is 8.89. The largest absolute Gasteiger partial charge is 0.532 e. The molecule has 0 N–H and O–H groups in total. The van der Waals surface area contributed by atoms with Gasteiger partial charge in [-0.3, -0.25) is 0 Å². The molecule has 2 aromatic rings. The van der Waals surface area contributed by atoms with Crippen molar-refractivity contribution in [3.05, 3.63) is 30.7 Å². The molecular formula is C14H17BO4. The van der Waals surface area contributed by atoms with Crippen LogP contribution in [0.25, 0.3) is 11.3 Å². The van der Waals surface area contributed by atoms with Crippen LogP contribution in [0.3, 0.4) is 0 Å². The lowest BCUT2D eigenvalue weighted by atomic mass is 9.86. The molecule has 0 saturated carbocycles. The van der Waals surface area contributed by atoms with Gasteiger partial charge >= 0.3 is 7.12 Å². The quantitative estimate of drug-likeness (QED) is 0.779. The zero-order valence-electron chi connectivity index (χ0n) is 11.6.